The van der Waals surface area contributed by atoms with Crippen molar-refractivity contribution in [3.05, 3.63) is 17.2 Å². The molecule has 0 bridgehead atoms. The maximum atomic E-state index is 11.7. The molecule has 1 aromatic carbocycles. The Morgan fingerprint density at radius 2 is 2.00 bits per heavy atom. The summed E-state index contributed by atoms with van der Waals surface area (Å²) < 4.78 is 11.0. The molecule has 0 atom stereocenters. The van der Waals surface area contributed by atoms with Gasteiger partial charge in [-0.3, -0.25) is 4.79 Å². The van der Waals surface area contributed by atoms with Gasteiger partial charge in [0.2, 0.25) is 5.91 Å². The van der Waals surface area contributed by atoms with Crippen LogP contribution in [0.1, 0.15) is 26.7 Å². The molecule has 1 amide bonds. The van der Waals surface area contributed by atoms with E-state index in [0.29, 0.717) is 35.4 Å². The van der Waals surface area contributed by atoms with E-state index in [4.69, 9.17) is 21.1 Å². The SMILES string of the molecule is CCOc1cc(NC(=O)C2CC2)cc(Cl)c1OCC. The Morgan fingerprint density at radius 1 is 1.32 bits per heavy atom. The number of nitrogens with one attached hydrogen (secondary N) is 1. The second-order valence-electron chi connectivity index (χ2n) is 4.41. The minimum Gasteiger partial charge on any atom is -0.490 e. The quantitative estimate of drug-likeness (QED) is 0.869. The van der Waals surface area contributed by atoms with Crippen molar-refractivity contribution in [1.82, 2.24) is 0 Å². The van der Waals surface area contributed by atoms with Crippen LogP contribution in [0.2, 0.25) is 5.02 Å². The van der Waals surface area contributed by atoms with Gasteiger partial charge in [0.05, 0.1) is 18.2 Å². The van der Waals surface area contributed by atoms with Crippen molar-refractivity contribution in [2.75, 3.05) is 18.5 Å². The van der Waals surface area contributed by atoms with E-state index in [2.05, 4.69) is 5.32 Å². The van der Waals surface area contributed by atoms with Crippen LogP contribution in [0.15, 0.2) is 12.1 Å². The zero-order valence-electron chi connectivity index (χ0n) is 11.2. The molecule has 104 valence electrons. The number of anilines is 1. The van der Waals surface area contributed by atoms with E-state index in [1.54, 1.807) is 12.1 Å². The first-order valence-corrected chi connectivity index (χ1v) is 6.93. The third-order valence-electron chi connectivity index (χ3n) is 2.81. The summed E-state index contributed by atoms with van der Waals surface area (Å²) in [6.07, 6.45) is 1.93. The molecule has 0 radical (unpaired) electrons. The van der Waals surface area contributed by atoms with E-state index in [0.717, 1.165) is 12.8 Å². The Kier molecular flexibility index (Phi) is 4.53. The molecule has 0 aliphatic heterocycles. The molecule has 0 spiro atoms. The fourth-order valence-corrected chi connectivity index (χ4v) is 2.04. The number of ether oxygens (including phenoxy) is 2. The molecule has 0 heterocycles. The summed E-state index contributed by atoms with van der Waals surface area (Å²) in [6.45, 7) is 4.79. The number of halogens is 1. The Hall–Kier alpha value is -1.42. The Morgan fingerprint density at radius 3 is 2.58 bits per heavy atom. The van der Waals surface area contributed by atoms with E-state index < -0.39 is 0 Å². The van der Waals surface area contributed by atoms with Crippen LogP contribution >= 0.6 is 11.6 Å². The third kappa shape index (κ3) is 3.53. The van der Waals surface area contributed by atoms with Gasteiger partial charge in [0.15, 0.2) is 11.5 Å². The van der Waals surface area contributed by atoms with Crippen molar-refractivity contribution in [1.29, 1.82) is 0 Å². The number of carbonyl (C=O) groups is 1. The van der Waals surface area contributed by atoms with Crippen LogP contribution in [0.3, 0.4) is 0 Å². The molecular formula is C14H18ClNO3. The highest BCUT2D eigenvalue weighted by Gasteiger charge is 2.29. The van der Waals surface area contributed by atoms with Gasteiger partial charge in [-0.1, -0.05) is 11.6 Å². The monoisotopic (exact) mass is 283 g/mol. The summed E-state index contributed by atoms with van der Waals surface area (Å²) in [7, 11) is 0. The lowest BCUT2D eigenvalue weighted by atomic mass is 10.2. The van der Waals surface area contributed by atoms with Crippen LogP contribution in [0.25, 0.3) is 0 Å². The lowest BCUT2D eigenvalue weighted by Gasteiger charge is -2.14. The highest BCUT2D eigenvalue weighted by Crippen LogP contribution is 2.39. The minimum atomic E-state index is 0.0441. The van der Waals surface area contributed by atoms with Crippen LogP contribution in [0.4, 0.5) is 5.69 Å². The molecule has 19 heavy (non-hydrogen) atoms. The first kappa shape index (κ1) is 14.0. The fourth-order valence-electron chi connectivity index (χ4n) is 1.78. The van der Waals surface area contributed by atoms with Crippen molar-refractivity contribution >= 4 is 23.2 Å². The van der Waals surface area contributed by atoms with Gasteiger partial charge in [0.25, 0.3) is 0 Å². The van der Waals surface area contributed by atoms with Crippen LogP contribution in [0.5, 0.6) is 11.5 Å². The fraction of sp³-hybridized carbons (Fsp3) is 0.500. The highest BCUT2D eigenvalue weighted by molar-refractivity contribution is 6.32. The molecule has 1 N–H and O–H groups in total. The second-order valence-corrected chi connectivity index (χ2v) is 4.82. The second kappa shape index (κ2) is 6.15. The standard InChI is InChI=1S/C14H18ClNO3/c1-3-18-12-8-10(16-14(17)9-5-6-9)7-11(15)13(12)19-4-2/h7-9H,3-6H2,1-2H3,(H,16,17). The number of benzene rings is 1. The number of hydrogen-bond donors (Lipinski definition) is 1. The zero-order valence-corrected chi connectivity index (χ0v) is 11.9. The summed E-state index contributed by atoms with van der Waals surface area (Å²) in [5.41, 5.74) is 0.647. The van der Waals surface area contributed by atoms with Crippen molar-refractivity contribution < 1.29 is 14.3 Å². The van der Waals surface area contributed by atoms with Crippen molar-refractivity contribution in [3.8, 4) is 11.5 Å². The smallest absolute Gasteiger partial charge is 0.227 e. The number of carbonyl (C=O) groups excluding carboxylic acids is 1. The van der Waals surface area contributed by atoms with E-state index >= 15 is 0 Å². The maximum Gasteiger partial charge on any atom is 0.227 e. The maximum absolute atomic E-state index is 11.7. The van der Waals surface area contributed by atoms with Gasteiger partial charge in [0, 0.05) is 17.7 Å². The van der Waals surface area contributed by atoms with E-state index in [9.17, 15) is 4.79 Å². The minimum absolute atomic E-state index is 0.0441. The van der Waals surface area contributed by atoms with Crippen molar-refractivity contribution in [2.45, 2.75) is 26.7 Å². The summed E-state index contributed by atoms with van der Waals surface area (Å²) in [5, 5.41) is 3.30. The summed E-state index contributed by atoms with van der Waals surface area (Å²) in [4.78, 5) is 11.7. The van der Waals surface area contributed by atoms with Gasteiger partial charge < -0.3 is 14.8 Å². The lowest BCUT2D eigenvalue weighted by Crippen LogP contribution is -2.13. The lowest BCUT2D eigenvalue weighted by molar-refractivity contribution is -0.117. The molecule has 1 fully saturated rings. The van der Waals surface area contributed by atoms with Gasteiger partial charge in [-0.2, -0.15) is 0 Å². The van der Waals surface area contributed by atoms with Gasteiger partial charge >= 0.3 is 0 Å². The molecule has 0 aromatic heterocycles. The van der Waals surface area contributed by atoms with E-state index in [1.807, 2.05) is 13.8 Å². The van der Waals surface area contributed by atoms with Gasteiger partial charge in [-0.05, 0) is 32.8 Å². The molecule has 1 aliphatic carbocycles. The van der Waals surface area contributed by atoms with E-state index in [-0.39, 0.29) is 11.8 Å². The van der Waals surface area contributed by atoms with Crippen molar-refractivity contribution in [3.63, 3.8) is 0 Å². The summed E-state index contributed by atoms with van der Waals surface area (Å²) in [6, 6.07) is 3.44. The van der Waals surface area contributed by atoms with E-state index in [1.165, 1.54) is 0 Å². The number of amides is 1. The summed E-state index contributed by atoms with van der Waals surface area (Å²) >= 11 is 6.17. The number of rotatable bonds is 6. The molecular weight excluding hydrogens is 266 g/mol. The topological polar surface area (TPSA) is 47.6 Å². The van der Waals surface area contributed by atoms with Crippen LogP contribution in [-0.2, 0) is 4.79 Å². The van der Waals surface area contributed by atoms with Gasteiger partial charge in [-0.15, -0.1) is 0 Å². The normalized spacial score (nSPS) is 14.1. The Balaban J connectivity index is 2.21. The highest BCUT2D eigenvalue weighted by atomic mass is 35.5. The average molecular weight is 284 g/mol. The average Bonchev–Trinajstić information content (AvgIpc) is 3.18. The molecule has 1 aromatic rings. The molecule has 4 nitrogen and oxygen atoms in total. The molecule has 1 saturated carbocycles. The molecule has 5 heteroatoms. The molecule has 2 rings (SSSR count). The third-order valence-corrected chi connectivity index (χ3v) is 3.09. The molecule has 0 unspecified atom stereocenters. The predicted octanol–water partition coefficient (Wildman–Crippen LogP) is 3.49. The van der Waals surface area contributed by atoms with Crippen LogP contribution in [0, 0.1) is 5.92 Å². The largest absolute Gasteiger partial charge is 0.490 e. The van der Waals surface area contributed by atoms with Crippen LogP contribution < -0.4 is 14.8 Å². The first-order valence-electron chi connectivity index (χ1n) is 6.55. The first-order chi connectivity index (χ1) is 9.15. The Bertz CT molecular complexity index is 472. The predicted molar refractivity (Wildman–Crippen MR) is 75.1 cm³/mol. The summed E-state index contributed by atoms with van der Waals surface area (Å²) in [5.74, 6) is 1.28. The van der Waals surface area contributed by atoms with Gasteiger partial charge in [0.1, 0.15) is 0 Å². The van der Waals surface area contributed by atoms with Crippen LogP contribution in [-0.4, -0.2) is 19.1 Å². The zero-order chi connectivity index (χ0) is 13.8. The number of hydrogen-bond acceptors (Lipinski definition) is 3. The van der Waals surface area contributed by atoms with Crippen molar-refractivity contribution in [2.24, 2.45) is 5.92 Å². The van der Waals surface area contributed by atoms with Gasteiger partial charge in [-0.25, -0.2) is 0 Å². The molecule has 1 aliphatic rings. The Labute approximate surface area is 118 Å². The molecule has 0 saturated heterocycles.